The average molecular weight is 404 g/mol. The van der Waals surface area contributed by atoms with E-state index in [1.807, 2.05) is 0 Å². The van der Waals surface area contributed by atoms with Crippen LogP contribution in [0.25, 0.3) is 10.8 Å². The summed E-state index contributed by atoms with van der Waals surface area (Å²) in [4.78, 5) is -0.366. The van der Waals surface area contributed by atoms with Crippen molar-refractivity contribution in [2.75, 3.05) is 0 Å². The molecule has 0 saturated heterocycles. The fourth-order valence-electron chi connectivity index (χ4n) is 2.37. The lowest BCUT2D eigenvalue weighted by atomic mass is 10.1. The third-order valence-electron chi connectivity index (χ3n) is 3.69. The minimum absolute atomic E-state index is 0.0259. The molecule has 0 aromatic heterocycles. The lowest BCUT2D eigenvalue weighted by molar-refractivity contribution is 0.463. The second-order valence-electron chi connectivity index (χ2n) is 5.58. The molecular formula is C17H12N2O6S2-2. The number of nitrogens with zero attached hydrogens (tertiary/aromatic N) is 2. The summed E-state index contributed by atoms with van der Waals surface area (Å²) in [6.07, 6.45) is 0. The van der Waals surface area contributed by atoms with Crippen LogP contribution in [0.4, 0.5) is 11.4 Å². The second kappa shape index (κ2) is 6.74. The number of benzene rings is 3. The Labute approximate surface area is 155 Å². The highest BCUT2D eigenvalue weighted by Crippen LogP contribution is 2.37. The lowest BCUT2D eigenvalue weighted by Gasteiger charge is -2.14. The zero-order valence-corrected chi connectivity index (χ0v) is 15.2. The lowest BCUT2D eigenvalue weighted by Crippen LogP contribution is -1.97. The summed E-state index contributed by atoms with van der Waals surface area (Å²) >= 11 is 0. The van der Waals surface area contributed by atoms with Gasteiger partial charge >= 0.3 is 0 Å². The number of aromatic hydroxyl groups is 1. The van der Waals surface area contributed by atoms with Crippen LogP contribution in [-0.2, 0) is 19.9 Å². The van der Waals surface area contributed by atoms with Gasteiger partial charge in [0.25, 0.3) is 0 Å². The van der Waals surface area contributed by atoms with E-state index >= 15 is 0 Å². The number of azo groups is 1. The van der Waals surface area contributed by atoms with E-state index in [0.717, 1.165) is 12.1 Å². The van der Waals surface area contributed by atoms with Crippen LogP contribution in [0, 0.1) is 0 Å². The molecule has 3 aromatic rings. The zero-order valence-electron chi connectivity index (χ0n) is 13.6. The van der Waals surface area contributed by atoms with Crippen LogP contribution < -0.4 is 0 Å². The second-order valence-corrected chi connectivity index (χ2v) is 8.66. The van der Waals surface area contributed by atoms with E-state index in [1.165, 1.54) is 42.5 Å². The van der Waals surface area contributed by atoms with Crippen LogP contribution >= 0.6 is 0 Å². The Hall–Kier alpha value is -2.79. The number of hydrogen-bond donors (Lipinski definition) is 1. The minimum Gasteiger partial charge on any atom is -0.774 e. The number of hydrogen-bond acceptors (Lipinski definition) is 8. The molecule has 1 N–H and O–H groups in total. The van der Waals surface area contributed by atoms with Crippen molar-refractivity contribution in [2.24, 2.45) is 10.2 Å². The number of phenolic OH excluding ortho intramolecular Hbond substituents is 1. The Bertz CT molecular complexity index is 1260. The highest BCUT2D eigenvalue weighted by Gasteiger charge is 2.08. The third kappa shape index (κ3) is 4.14. The Morgan fingerprint density at radius 1 is 0.852 bits per heavy atom. The van der Waals surface area contributed by atoms with Gasteiger partial charge in [-0.05, 0) is 47.9 Å². The van der Waals surface area contributed by atoms with Crippen LogP contribution in [0.15, 0.2) is 74.6 Å². The summed E-state index contributed by atoms with van der Waals surface area (Å²) in [5.74, 6) is 2.93. The fourth-order valence-corrected chi connectivity index (χ4v) is 3.42. The summed E-state index contributed by atoms with van der Waals surface area (Å²) in [5.41, 5.74) is 0.372. The molecule has 0 bridgehead atoms. The smallest absolute Gasteiger partial charge is 0.143 e. The Kier molecular flexibility index (Phi) is 4.74. The van der Waals surface area contributed by atoms with Gasteiger partial charge in [0.05, 0.1) is 10.6 Å². The van der Waals surface area contributed by atoms with Crippen LogP contribution in [-0.4, -0.2) is 32.7 Å². The van der Waals surface area contributed by atoms with Crippen molar-refractivity contribution in [1.82, 2.24) is 0 Å². The van der Waals surface area contributed by atoms with Gasteiger partial charge in [-0.1, -0.05) is 27.8 Å². The summed E-state index contributed by atoms with van der Waals surface area (Å²) in [6.45, 7) is 0. The zero-order chi connectivity index (χ0) is 19.8. The van der Waals surface area contributed by atoms with Crippen molar-refractivity contribution in [2.45, 2.75) is 9.79 Å². The van der Waals surface area contributed by atoms with Gasteiger partial charge < -0.3 is 14.2 Å². The van der Waals surface area contributed by atoms with Crippen molar-refractivity contribution < 1.29 is 26.8 Å². The standard InChI is InChI=1S/C17H14N2O6S2/c1-26(21,22)14-7-8-15-11(10-14)2-9-16(20)17(15)19-18-12-3-5-13(6-4-12)27(23,24)25/h2-10,20H,1H2,(H,21,22)(H,23,24,25)/p-2. The molecule has 0 radical (unpaired) electrons. The Balaban J connectivity index is 2.03. The Morgan fingerprint density at radius 2 is 1.48 bits per heavy atom. The van der Waals surface area contributed by atoms with Gasteiger partial charge in [0, 0.05) is 10.3 Å². The molecule has 1 atom stereocenters. The van der Waals surface area contributed by atoms with Gasteiger partial charge in [-0.3, -0.25) is 4.21 Å². The van der Waals surface area contributed by atoms with Gasteiger partial charge in [-0.25, -0.2) is 8.42 Å². The van der Waals surface area contributed by atoms with Gasteiger partial charge in [0.15, 0.2) is 0 Å². The van der Waals surface area contributed by atoms with E-state index in [2.05, 4.69) is 16.1 Å². The van der Waals surface area contributed by atoms with Crippen LogP contribution in [0.1, 0.15) is 0 Å². The topological polar surface area (TPSA) is 142 Å². The first-order valence-corrected chi connectivity index (χ1v) is 10.4. The molecule has 10 heteroatoms. The van der Waals surface area contributed by atoms with E-state index in [-0.39, 0.29) is 22.0 Å². The molecule has 3 rings (SSSR count). The monoisotopic (exact) mass is 404 g/mol. The summed E-state index contributed by atoms with van der Waals surface area (Å²) in [5, 5.41) is 18.9. The molecule has 0 heterocycles. The third-order valence-corrected chi connectivity index (χ3v) is 5.51. The maximum Gasteiger partial charge on any atom is 0.143 e. The Morgan fingerprint density at radius 3 is 2.07 bits per heavy atom. The molecule has 0 aliphatic rings. The van der Waals surface area contributed by atoms with Crippen LogP contribution in [0.5, 0.6) is 5.75 Å². The van der Waals surface area contributed by atoms with Crippen molar-refractivity contribution in [3.63, 3.8) is 0 Å². The van der Waals surface area contributed by atoms with E-state index in [9.17, 15) is 26.8 Å². The molecule has 8 nitrogen and oxygen atoms in total. The predicted molar refractivity (Wildman–Crippen MR) is 98.5 cm³/mol. The highest BCUT2D eigenvalue weighted by molar-refractivity contribution is 7.95. The molecule has 0 aliphatic heterocycles. The summed E-state index contributed by atoms with van der Waals surface area (Å²) in [6, 6.07) is 11.9. The predicted octanol–water partition coefficient (Wildman–Crippen LogP) is 3.07. The van der Waals surface area contributed by atoms with E-state index in [0.29, 0.717) is 10.8 Å². The molecular weight excluding hydrogens is 392 g/mol. The fraction of sp³-hybridized carbons (Fsp3) is 0. The van der Waals surface area contributed by atoms with Crippen molar-refractivity contribution in [3.8, 4) is 5.75 Å². The van der Waals surface area contributed by atoms with Crippen molar-refractivity contribution in [1.29, 1.82) is 0 Å². The summed E-state index contributed by atoms with van der Waals surface area (Å²) < 4.78 is 55.9. The maximum atomic E-state index is 11.6. The van der Waals surface area contributed by atoms with E-state index < -0.39 is 24.8 Å². The quantitative estimate of drug-likeness (QED) is 0.402. The molecule has 0 aliphatic carbocycles. The molecule has 0 spiro atoms. The molecule has 0 amide bonds. The van der Waals surface area contributed by atoms with E-state index in [1.54, 1.807) is 0 Å². The molecule has 1 unspecified atom stereocenters. The van der Waals surface area contributed by atoms with Crippen LogP contribution in [0.3, 0.4) is 0 Å². The molecule has 140 valence electrons. The number of rotatable bonds is 4. The molecule has 0 saturated carbocycles. The first-order valence-electron chi connectivity index (χ1n) is 7.37. The average Bonchev–Trinajstić information content (AvgIpc) is 2.59. The molecule has 27 heavy (non-hydrogen) atoms. The van der Waals surface area contributed by atoms with Gasteiger partial charge in [-0.15, -0.1) is 5.11 Å². The maximum absolute atomic E-state index is 11.6. The summed E-state index contributed by atoms with van der Waals surface area (Å²) in [7, 11) is -8.18. The molecule has 0 fully saturated rings. The SMILES string of the molecule is C=S(=O)([O-])c1ccc2c(N=Nc3ccc(S(=O)(=O)[O-])cc3)c(O)ccc2c1. The molecule has 3 aromatic carbocycles. The van der Waals surface area contributed by atoms with E-state index in [4.69, 9.17) is 0 Å². The first-order chi connectivity index (χ1) is 12.6. The van der Waals surface area contributed by atoms with Crippen molar-refractivity contribution in [3.05, 3.63) is 54.6 Å². The van der Waals surface area contributed by atoms with Gasteiger partial charge in [0.1, 0.15) is 21.6 Å². The normalized spacial score (nSPS) is 14.4. The first kappa shape index (κ1) is 19.0. The highest BCUT2D eigenvalue weighted by atomic mass is 32.2. The van der Waals surface area contributed by atoms with Crippen LogP contribution in [0.2, 0.25) is 0 Å². The van der Waals surface area contributed by atoms with Gasteiger partial charge in [-0.2, -0.15) is 5.11 Å². The largest absolute Gasteiger partial charge is 0.774 e. The number of fused-ring (bicyclic) bond motifs is 1. The van der Waals surface area contributed by atoms with Gasteiger partial charge in [0.2, 0.25) is 0 Å². The van der Waals surface area contributed by atoms with Crippen molar-refractivity contribution >= 4 is 47.9 Å². The number of phenols is 1. The minimum atomic E-state index is -4.55.